The number of hydrogen-bond donors (Lipinski definition) is 2. The summed E-state index contributed by atoms with van der Waals surface area (Å²) in [5.74, 6) is -0.387. The first kappa shape index (κ1) is 15.8. The largest absolute Gasteiger partial charge is 0.387 e. The smallest absolute Gasteiger partial charge is 0.244 e. The Labute approximate surface area is 132 Å². The van der Waals surface area contributed by atoms with E-state index in [-0.39, 0.29) is 0 Å². The molecule has 2 N–H and O–H groups in total. The van der Waals surface area contributed by atoms with Crippen molar-refractivity contribution in [3.05, 3.63) is 41.2 Å². The van der Waals surface area contributed by atoms with Gasteiger partial charge in [0.1, 0.15) is 5.82 Å². The molecule has 1 saturated heterocycles. The molecule has 2 aromatic rings. The molecule has 6 nitrogen and oxygen atoms in total. The molecule has 1 fully saturated rings. The monoisotopic (exact) mass is 323 g/mol. The van der Waals surface area contributed by atoms with Gasteiger partial charge in [-0.25, -0.2) is 8.78 Å². The number of rotatable bonds is 4. The SMILES string of the molecule is Cc1nc(N2CCN(CC(O)c3ccc(F)c(F)c3)CC2)n[nH]1. The molecule has 1 aromatic heterocycles. The molecule has 0 saturated carbocycles. The lowest BCUT2D eigenvalue weighted by Gasteiger charge is -2.35. The van der Waals surface area contributed by atoms with E-state index in [9.17, 15) is 13.9 Å². The second-order valence-electron chi connectivity index (χ2n) is 5.70. The van der Waals surface area contributed by atoms with Crippen molar-refractivity contribution in [2.45, 2.75) is 13.0 Å². The Balaban J connectivity index is 1.54. The van der Waals surface area contributed by atoms with E-state index < -0.39 is 17.7 Å². The van der Waals surface area contributed by atoms with E-state index in [0.29, 0.717) is 18.1 Å². The fraction of sp³-hybridized carbons (Fsp3) is 0.467. The molecule has 8 heteroatoms. The van der Waals surface area contributed by atoms with Gasteiger partial charge in [0.25, 0.3) is 0 Å². The Hall–Kier alpha value is -2.06. The first-order chi connectivity index (χ1) is 11.0. The number of aromatic nitrogens is 3. The van der Waals surface area contributed by atoms with E-state index in [1.54, 1.807) is 0 Å². The van der Waals surface area contributed by atoms with Gasteiger partial charge in [-0.05, 0) is 24.6 Å². The third kappa shape index (κ3) is 3.65. The first-order valence-corrected chi connectivity index (χ1v) is 7.52. The van der Waals surface area contributed by atoms with E-state index in [2.05, 4.69) is 25.0 Å². The molecule has 0 spiro atoms. The standard InChI is InChI=1S/C15H19F2N5O/c1-10-18-15(20-19-10)22-6-4-21(5-7-22)9-14(23)11-2-3-12(16)13(17)8-11/h2-3,8,14,23H,4-7,9H2,1H3,(H,18,19,20). The molecule has 1 aliphatic rings. The second kappa shape index (κ2) is 6.59. The van der Waals surface area contributed by atoms with Crippen LogP contribution in [0.25, 0.3) is 0 Å². The molecule has 0 radical (unpaired) electrons. The molecule has 1 aromatic carbocycles. The van der Waals surface area contributed by atoms with Gasteiger partial charge in [0.05, 0.1) is 6.10 Å². The average molecular weight is 323 g/mol. The third-order valence-corrected chi connectivity index (χ3v) is 4.00. The molecule has 1 atom stereocenters. The molecule has 2 heterocycles. The van der Waals surface area contributed by atoms with Gasteiger partial charge in [0.2, 0.25) is 5.95 Å². The predicted octanol–water partition coefficient (Wildman–Crippen LogP) is 1.25. The van der Waals surface area contributed by atoms with Crippen molar-refractivity contribution in [3.8, 4) is 0 Å². The highest BCUT2D eigenvalue weighted by atomic mass is 19.2. The number of piperazine rings is 1. The number of anilines is 1. The Morgan fingerprint density at radius 2 is 1.96 bits per heavy atom. The molecule has 0 bridgehead atoms. The molecular weight excluding hydrogens is 304 g/mol. The maximum absolute atomic E-state index is 13.2. The van der Waals surface area contributed by atoms with Crippen molar-refractivity contribution >= 4 is 5.95 Å². The lowest BCUT2D eigenvalue weighted by molar-refractivity contribution is 0.109. The number of benzene rings is 1. The van der Waals surface area contributed by atoms with Crippen molar-refractivity contribution in [1.82, 2.24) is 20.1 Å². The summed E-state index contributed by atoms with van der Waals surface area (Å²) in [6.45, 7) is 5.23. The summed E-state index contributed by atoms with van der Waals surface area (Å²) in [7, 11) is 0. The van der Waals surface area contributed by atoms with Crippen LogP contribution in [-0.2, 0) is 0 Å². The zero-order valence-corrected chi connectivity index (χ0v) is 12.8. The minimum Gasteiger partial charge on any atom is -0.387 e. The summed E-state index contributed by atoms with van der Waals surface area (Å²) in [6, 6.07) is 3.50. The minimum atomic E-state index is -0.939. The molecule has 3 rings (SSSR count). The van der Waals surface area contributed by atoms with Crippen molar-refractivity contribution in [2.75, 3.05) is 37.6 Å². The highest BCUT2D eigenvalue weighted by Crippen LogP contribution is 2.19. The first-order valence-electron chi connectivity index (χ1n) is 7.52. The Morgan fingerprint density at radius 1 is 1.22 bits per heavy atom. The van der Waals surface area contributed by atoms with Crippen LogP contribution < -0.4 is 4.90 Å². The maximum atomic E-state index is 13.2. The number of β-amino-alcohol motifs (C(OH)–C–C–N with tert-alkyl or cyclic N) is 1. The summed E-state index contributed by atoms with van der Waals surface area (Å²) < 4.78 is 26.2. The van der Waals surface area contributed by atoms with Gasteiger partial charge in [-0.3, -0.25) is 10.00 Å². The zero-order valence-electron chi connectivity index (χ0n) is 12.8. The van der Waals surface area contributed by atoms with E-state index in [1.165, 1.54) is 6.07 Å². The summed E-state index contributed by atoms with van der Waals surface area (Å²) in [6.07, 6.45) is -0.845. The topological polar surface area (TPSA) is 68.3 Å². The van der Waals surface area contributed by atoms with Crippen LogP contribution in [0.15, 0.2) is 18.2 Å². The van der Waals surface area contributed by atoms with Crippen LogP contribution in [0.5, 0.6) is 0 Å². The van der Waals surface area contributed by atoms with E-state index in [4.69, 9.17) is 0 Å². The van der Waals surface area contributed by atoms with E-state index >= 15 is 0 Å². The molecule has 23 heavy (non-hydrogen) atoms. The quantitative estimate of drug-likeness (QED) is 0.886. The van der Waals surface area contributed by atoms with Crippen LogP contribution in [0, 0.1) is 18.6 Å². The lowest BCUT2D eigenvalue weighted by atomic mass is 10.1. The number of hydrogen-bond acceptors (Lipinski definition) is 5. The van der Waals surface area contributed by atoms with Gasteiger partial charge in [0.15, 0.2) is 11.6 Å². The van der Waals surface area contributed by atoms with E-state index in [1.807, 2.05) is 6.92 Å². The fourth-order valence-electron chi connectivity index (χ4n) is 2.67. The number of nitrogens with zero attached hydrogens (tertiary/aromatic N) is 4. The Bertz CT molecular complexity index is 670. The van der Waals surface area contributed by atoms with Crippen LogP contribution in [0.3, 0.4) is 0 Å². The minimum absolute atomic E-state index is 0.381. The van der Waals surface area contributed by atoms with E-state index in [0.717, 1.165) is 44.1 Å². The molecular formula is C15H19F2N5O. The van der Waals surface area contributed by atoms with Gasteiger partial charge < -0.3 is 10.0 Å². The number of H-pyrrole nitrogens is 1. The zero-order chi connectivity index (χ0) is 16.4. The number of aryl methyl sites for hydroxylation is 1. The lowest BCUT2D eigenvalue weighted by Crippen LogP contribution is -2.48. The summed E-state index contributed by atoms with van der Waals surface area (Å²) in [5.41, 5.74) is 0.385. The van der Waals surface area contributed by atoms with Gasteiger partial charge >= 0.3 is 0 Å². The Morgan fingerprint density at radius 3 is 2.57 bits per heavy atom. The Kier molecular flexibility index (Phi) is 4.53. The van der Waals surface area contributed by atoms with Gasteiger partial charge in [0, 0.05) is 32.7 Å². The van der Waals surface area contributed by atoms with Crippen LogP contribution in [0.4, 0.5) is 14.7 Å². The van der Waals surface area contributed by atoms with Crippen LogP contribution in [0.1, 0.15) is 17.5 Å². The number of aliphatic hydroxyl groups excluding tert-OH is 1. The van der Waals surface area contributed by atoms with Crippen LogP contribution in [0.2, 0.25) is 0 Å². The summed E-state index contributed by atoms with van der Waals surface area (Å²) >= 11 is 0. The molecule has 0 aliphatic carbocycles. The van der Waals surface area contributed by atoms with Crippen molar-refractivity contribution in [3.63, 3.8) is 0 Å². The maximum Gasteiger partial charge on any atom is 0.244 e. The van der Waals surface area contributed by atoms with Gasteiger partial charge in [-0.1, -0.05) is 6.07 Å². The predicted molar refractivity (Wildman–Crippen MR) is 81.1 cm³/mol. The highest BCUT2D eigenvalue weighted by molar-refractivity contribution is 5.29. The molecule has 1 aliphatic heterocycles. The highest BCUT2D eigenvalue weighted by Gasteiger charge is 2.22. The normalized spacial score (nSPS) is 17.5. The number of halogens is 2. The average Bonchev–Trinajstić information content (AvgIpc) is 2.97. The summed E-state index contributed by atoms with van der Waals surface area (Å²) in [4.78, 5) is 8.46. The molecule has 0 amide bonds. The molecule has 1 unspecified atom stereocenters. The van der Waals surface area contributed by atoms with Crippen LogP contribution >= 0.6 is 0 Å². The number of aromatic amines is 1. The summed E-state index contributed by atoms with van der Waals surface area (Å²) in [5, 5.41) is 17.2. The van der Waals surface area contributed by atoms with Crippen molar-refractivity contribution in [1.29, 1.82) is 0 Å². The van der Waals surface area contributed by atoms with Crippen LogP contribution in [-0.4, -0.2) is 57.9 Å². The molecule has 124 valence electrons. The second-order valence-corrected chi connectivity index (χ2v) is 5.70. The van der Waals surface area contributed by atoms with Gasteiger partial charge in [-0.2, -0.15) is 4.98 Å². The third-order valence-electron chi connectivity index (χ3n) is 4.00. The number of aliphatic hydroxyl groups is 1. The van der Waals surface area contributed by atoms with Gasteiger partial charge in [-0.15, -0.1) is 5.10 Å². The fourth-order valence-corrected chi connectivity index (χ4v) is 2.67. The van der Waals surface area contributed by atoms with Crippen molar-refractivity contribution in [2.24, 2.45) is 0 Å². The number of nitrogens with one attached hydrogen (secondary N) is 1. The van der Waals surface area contributed by atoms with Crippen molar-refractivity contribution < 1.29 is 13.9 Å².